The number of anilines is 1. The molecule has 0 N–H and O–H groups in total. The highest BCUT2D eigenvalue weighted by atomic mass is 32.2. The van der Waals surface area contributed by atoms with Gasteiger partial charge in [0.2, 0.25) is 0 Å². The number of hydrogen-bond donors (Lipinski definition) is 0. The molecule has 5 heteroatoms. The van der Waals surface area contributed by atoms with E-state index in [0.29, 0.717) is 4.91 Å². The number of fused-ring (bicyclic) bond motifs is 1. The fraction of sp³-hybridized carbons (Fsp3) is 0.167. The molecule has 0 unspecified atom stereocenters. The van der Waals surface area contributed by atoms with Gasteiger partial charge in [0.1, 0.15) is 0 Å². The molecule has 1 saturated heterocycles. The number of thioether (sulfide) groups is 1. The number of piperazine rings is 1. The summed E-state index contributed by atoms with van der Waals surface area (Å²) < 4.78 is 0. The first-order valence-electron chi connectivity index (χ1n) is 9.83. The molecule has 3 aromatic carbocycles. The second kappa shape index (κ2) is 7.76. The van der Waals surface area contributed by atoms with Crippen LogP contribution in [-0.2, 0) is 4.79 Å². The Labute approximate surface area is 174 Å². The first kappa shape index (κ1) is 18.0. The molecule has 2 aliphatic heterocycles. The summed E-state index contributed by atoms with van der Waals surface area (Å²) in [7, 11) is 0. The third-order valence-corrected chi connectivity index (χ3v) is 6.41. The molecule has 5 rings (SSSR count). The molecule has 0 spiro atoms. The quantitative estimate of drug-likeness (QED) is 0.589. The largest absolute Gasteiger partial charge is 0.367 e. The number of benzene rings is 3. The highest BCUT2D eigenvalue weighted by Crippen LogP contribution is 2.32. The normalized spacial score (nSPS) is 18.6. The average Bonchev–Trinajstić information content (AvgIpc) is 3.14. The molecule has 0 aromatic heterocycles. The van der Waals surface area contributed by atoms with Crippen LogP contribution >= 0.6 is 11.8 Å². The molecule has 0 radical (unpaired) electrons. The SMILES string of the molecule is O=C1N=C(N2CCN(c3cccc4ccccc34)CC2)S/C1=C/c1ccccc1. The molecule has 2 heterocycles. The van der Waals surface area contributed by atoms with Crippen molar-refractivity contribution in [3.8, 4) is 0 Å². The summed E-state index contributed by atoms with van der Waals surface area (Å²) in [5, 5.41) is 3.39. The van der Waals surface area contributed by atoms with Crippen molar-refractivity contribution in [3.05, 3.63) is 83.3 Å². The molecule has 144 valence electrons. The van der Waals surface area contributed by atoms with E-state index in [4.69, 9.17) is 0 Å². The van der Waals surface area contributed by atoms with E-state index in [0.717, 1.165) is 36.9 Å². The minimum atomic E-state index is -0.134. The standard InChI is InChI=1S/C24H21N3OS/c28-23-22(17-18-7-2-1-3-8-18)29-24(25-23)27-15-13-26(14-16-27)21-12-6-10-19-9-4-5-11-20(19)21/h1-12,17H,13-16H2/b22-17+. The third-order valence-electron chi connectivity index (χ3n) is 5.36. The first-order valence-corrected chi connectivity index (χ1v) is 10.6. The van der Waals surface area contributed by atoms with E-state index >= 15 is 0 Å². The monoisotopic (exact) mass is 399 g/mol. The van der Waals surface area contributed by atoms with Gasteiger partial charge in [0, 0.05) is 37.3 Å². The predicted molar refractivity (Wildman–Crippen MR) is 122 cm³/mol. The highest BCUT2D eigenvalue weighted by molar-refractivity contribution is 8.18. The number of carbonyl (C=O) groups excluding carboxylic acids is 1. The summed E-state index contributed by atoms with van der Waals surface area (Å²) in [6, 6.07) is 24.9. The molecule has 4 nitrogen and oxygen atoms in total. The van der Waals surface area contributed by atoms with Gasteiger partial charge >= 0.3 is 0 Å². The molecular formula is C24H21N3OS. The fourth-order valence-corrected chi connectivity index (χ4v) is 4.82. The van der Waals surface area contributed by atoms with Crippen LogP contribution in [0.1, 0.15) is 5.56 Å². The lowest BCUT2D eigenvalue weighted by molar-refractivity contribution is -0.113. The summed E-state index contributed by atoms with van der Waals surface area (Å²) in [6.45, 7) is 3.56. The van der Waals surface area contributed by atoms with E-state index in [-0.39, 0.29) is 5.91 Å². The van der Waals surface area contributed by atoms with Crippen molar-refractivity contribution >= 4 is 45.4 Å². The summed E-state index contributed by atoms with van der Waals surface area (Å²) >= 11 is 1.49. The van der Waals surface area contributed by atoms with Crippen LogP contribution in [0.4, 0.5) is 5.69 Å². The Balaban J connectivity index is 1.28. The van der Waals surface area contributed by atoms with E-state index in [2.05, 4.69) is 57.3 Å². The summed E-state index contributed by atoms with van der Waals surface area (Å²) in [5.41, 5.74) is 2.31. The number of aliphatic imine (C=N–C) groups is 1. The van der Waals surface area contributed by atoms with Crippen LogP contribution in [0, 0.1) is 0 Å². The van der Waals surface area contributed by atoms with Crippen molar-refractivity contribution in [2.24, 2.45) is 4.99 Å². The van der Waals surface area contributed by atoms with E-state index in [1.54, 1.807) is 0 Å². The zero-order valence-electron chi connectivity index (χ0n) is 16.0. The van der Waals surface area contributed by atoms with Gasteiger partial charge in [-0.15, -0.1) is 0 Å². The van der Waals surface area contributed by atoms with Gasteiger partial charge < -0.3 is 9.80 Å². The molecule has 3 aromatic rings. The molecule has 29 heavy (non-hydrogen) atoms. The maximum Gasteiger partial charge on any atom is 0.286 e. The lowest BCUT2D eigenvalue weighted by atomic mass is 10.1. The van der Waals surface area contributed by atoms with Crippen molar-refractivity contribution in [1.82, 2.24) is 4.90 Å². The molecule has 1 amide bonds. The average molecular weight is 400 g/mol. The molecule has 0 saturated carbocycles. The summed E-state index contributed by atoms with van der Waals surface area (Å²) in [4.78, 5) is 22.0. The van der Waals surface area contributed by atoms with E-state index in [1.807, 2.05) is 36.4 Å². The van der Waals surface area contributed by atoms with Crippen LogP contribution in [0.5, 0.6) is 0 Å². The van der Waals surface area contributed by atoms with Gasteiger partial charge in [0.05, 0.1) is 4.91 Å². The summed E-state index contributed by atoms with van der Waals surface area (Å²) in [5.74, 6) is -0.134. The molecule has 0 atom stereocenters. The van der Waals surface area contributed by atoms with E-state index < -0.39 is 0 Å². The molecule has 2 aliphatic rings. The van der Waals surface area contributed by atoms with Crippen LogP contribution in [0.2, 0.25) is 0 Å². The lowest BCUT2D eigenvalue weighted by Crippen LogP contribution is -2.47. The van der Waals surface area contributed by atoms with Crippen molar-refractivity contribution in [3.63, 3.8) is 0 Å². The third kappa shape index (κ3) is 3.66. The molecule has 1 fully saturated rings. The van der Waals surface area contributed by atoms with Crippen LogP contribution < -0.4 is 4.90 Å². The Bertz CT molecular complexity index is 1110. The zero-order chi connectivity index (χ0) is 19.6. The maximum absolute atomic E-state index is 12.4. The van der Waals surface area contributed by atoms with Gasteiger partial charge in [-0.05, 0) is 34.9 Å². The molecule has 0 aliphatic carbocycles. The Morgan fingerprint density at radius 1 is 0.793 bits per heavy atom. The van der Waals surface area contributed by atoms with Gasteiger partial charge in [-0.2, -0.15) is 4.99 Å². The van der Waals surface area contributed by atoms with Crippen LogP contribution in [0.25, 0.3) is 16.8 Å². The van der Waals surface area contributed by atoms with Gasteiger partial charge in [0.25, 0.3) is 5.91 Å². The van der Waals surface area contributed by atoms with Crippen molar-refractivity contribution in [1.29, 1.82) is 0 Å². The van der Waals surface area contributed by atoms with Crippen molar-refractivity contribution in [2.45, 2.75) is 0 Å². The number of carbonyl (C=O) groups is 1. The topological polar surface area (TPSA) is 35.9 Å². The predicted octanol–water partition coefficient (Wildman–Crippen LogP) is 4.63. The Kier molecular flexibility index (Phi) is 4.82. The number of amidine groups is 1. The molecular weight excluding hydrogens is 378 g/mol. The van der Waals surface area contributed by atoms with Crippen LogP contribution in [-0.4, -0.2) is 42.2 Å². The second-order valence-corrected chi connectivity index (χ2v) is 8.20. The van der Waals surface area contributed by atoms with Gasteiger partial charge in [-0.3, -0.25) is 4.79 Å². The summed E-state index contributed by atoms with van der Waals surface area (Å²) in [6.07, 6.45) is 1.93. The van der Waals surface area contributed by atoms with E-state index in [9.17, 15) is 4.79 Å². The van der Waals surface area contributed by atoms with Gasteiger partial charge in [-0.25, -0.2) is 0 Å². The number of hydrogen-bond acceptors (Lipinski definition) is 4. The fourth-order valence-electron chi connectivity index (χ4n) is 3.86. The van der Waals surface area contributed by atoms with E-state index in [1.165, 1.54) is 28.2 Å². The van der Waals surface area contributed by atoms with Crippen molar-refractivity contribution in [2.75, 3.05) is 31.1 Å². The zero-order valence-corrected chi connectivity index (χ0v) is 16.8. The lowest BCUT2D eigenvalue weighted by Gasteiger charge is -2.37. The number of amides is 1. The van der Waals surface area contributed by atoms with Crippen LogP contribution in [0.3, 0.4) is 0 Å². The first-order chi connectivity index (χ1) is 14.3. The number of nitrogens with zero attached hydrogens (tertiary/aromatic N) is 3. The Morgan fingerprint density at radius 2 is 1.48 bits per heavy atom. The Morgan fingerprint density at radius 3 is 2.31 bits per heavy atom. The smallest absolute Gasteiger partial charge is 0.286 e. The van der Waals surface area contributed by atoms with Crippen LogP contribution in [0.15, 0.2) is 82.7 Å². The van der Waals surface area contributed by atoms with Gasteiger partial charge in [0.15, 0.2) is 5.17 Å². The second-order valence-electron chi connectivity index (χ2n) is 7.19. The molecule has 0 bridgehead atoms. The number of rotatable bonds is 2. The highest BCUT2D eigenvalue weighted by Gasteiger charge is 2.28. The Hall–Kier alpha value is -3.05. The van der Waals surface area contributed by atoms with Gasteiger partial charge in [-0.1, -0.05) is 66.7 Å². The minimum absolute atomic E-state index is 0.134. The maximum atomic E-state index is 12.4. The minimum Gasteiger partial charge on any atom is -0.367 e. The van der Waals surface area contributed by atoms with Crippen molar-refractivity contribution < 1.29 is 4.79 Å².